The number of rotatable bonds is 2. The van der Waals surface area contributed by atoms with Crippen LogP contribution in [0.1, 0.15) is 27.2 Å². The average Bonchev–Trinajstić information content (AvgIpc) is 2.01. The largest absolute Gasteiger partial charge is 0.337 e. The molecule has 1 aliphatic heterocycles. The Bertz CT molecular complexity index is 189. The number of carbonyl (C=O) groups is 1. The maximum Gasteiger partial charge on any atom is 0.227 e. The van der Waals surface area contributed by atoms with E-state index in [1.165, 1.54) is 0 Å². The second kappa shape index (κ2) is 3.05. The summed E-state index contributed by atoms with van der Waals surface area (Å²) in [6, 6.07) is 0. The lowest BCUT2D eigenvalue weighted by molar-refractivity contribution is -0.148. The number of nitrogens with zero attached hydrogens (tertiary/aromatic N) is 1. The van der Waals surface area contributed by atoms with Gasteiger partial charge in [-0.2, -0.15) is 0 Å². The summed E-state index contributed by atoms with van der Waals surface area (Å²) in [5.74, 6) is 0.179. The van der Waals surface area contributed by atoms with Gasteiger partial charge in [-0.25, -0.2) is 0 Å². The van der Waals surface area contributed by atoms with Crippen molar-refractivity contribution in [1.82, 2.24) is 4.90 Å². The maximum atomic E-state index is 11.6. The Labute approximate surface area is 73.9 Å². The zero-order chi connectivity index (χ0) is 9.35. The minimum absolute atomic E-state index is 0.0235. The van der Waals surface area contributed by atoms with E-state index in [1.807, 2.05) is 11.8 Å². The number of amides is 1. The summed E-state index contributed by atoms with van der Waals surface area (Å²) in [6.45, 7) is 7.42. The molecule has 0 aliphatic carbocycles. The van der Waals surface area contributed by atoms with Crippen LogP contribution in [0.25, 0.3) is 0 Å². The summed E-state index contributed by atoms with van der Waals surface area (Å²) in [7, 11) is 0. The first-order chi connectivity index (χ1) is 5.49. The summed E-state index contributed by atoms with van der Waals surface area (Å²) in [5.41, 5.74) is 5.50. The van der Waals surface area contributed by atoms with Crippen molar-refractivity contribution >= 4 is 5.91 Å². The zero-order valence-electron chi connectivity index (χ0n) is 8.13. The van der Waals surface area contributed by atoms with Crippen molar-refractivity contribution in [3.05, 3.63) is 0 Å². The molecule has 1 saturated heterocycles. The molecule has 1 rings (SSSR count). The van der Waals surface area contributed by atoms with Gasteiger partial charge in [-0.1, -0.05) is 6.92 Å². The summed E-state index contributed by atoms with van der Waals surface area (Å²) < 4.78 is 0. The predicted molar refractivity (Wildman–Crippen MR) is 48.6 cm³/mol. The van der Waals surface area contributed by atoms with Crippen molar-refractivity contribution in [1.29, 1.82) is 0 Å². The molecule has 1 fully saturated rings. The quantitative estimate of drug-likeness (QED) is 0.659. The molecule has 0 aromatic heterocycles. The standard InChI is InChI=1S/C9H18N2O/c1-7(6-10)8(12)11-5-4-9(11,2)3/h7H,4-6,10H2,1-3H3. The van der Waals surface area contributed by atoms with E-state index >= 15 is 0 Å². The van der Waals surface area contributed by atoms with Gasteiger partial charge in [-0.3, -0.25) is 4.79 Å². The molecule has 0 aromatic carbocycles. The highest BCUT2D eigenvalue weighted by Crippen LogP contribution is 2.30. The van der Waals surface area contributed by atoms with E-state index in [0.717, 1.165) is 13.0 Å². The Morgan fingerprint density at radius 2 is 2.25 bits per heavy atom. The van der Waals surface area contributed by atoms with Crippen molar-refractivity contribution in [3.63, 3.8) is 0 Å². The number of hydrogen-bond acceptors (Lipinski definition) is 2. The molecular weight excluding hydrogens is 152 g/mol. The molecule has 0 bridgehead atoms. The van der Waals surface area contributed by atoms with E-state index in [0.29, 0.717) is 6.54 Å². The van der Waals surface area contributed by atoms with Gasteiger partial charge in [0.15, 0.2) is 0 Å². The Kier molecular flexibility index (Phi) is 2.42. The van der Waals surface area contributed by atoms with E-state index in [9.17, 15) is 4.79 Å². The topological polar surface area (TPSA) is 46.3 Å². The van der Waals surface area contributed by atoms with Crippen LogP contribution < -0.4 is 5.73 Å². The second-order valence-corrected chi connectivity index (χ2v) is 4.19. The van der Waals surface area contributed by atoms with E-state index in [1.54, 1.807) is 0 Å². The zero-order valence-corrected chi connectivity index (χ0v) is 8.13. The molecule has 1 heterocycles. The van der Waals surface area contributed by atoms with E-state index < -0.39 is 0 Å². The van der Waals surface area contributed by atoms with Crippen molar-refractivity contribution in [3.8, 4) is 0 Å². The number of nitrogens with two attached hydrogens (primary N) is 1. The molecule has 3 nitrogen and oxygen atoms in total. The molecule has 1 atom stereocenters. The van der Waals surface area contributed by atoms with Crippen LogP contribution in [-0.2, 0) is 4.79 Å². The van der Waals surface area contributed by atoms with Crippen LogP contribution in [-0.4, -0.2) is 29.4 Å². The molecular formula is C9H18N2O. The molecule has 0 saturated carbocycles. The Balaban J connectivity index is 2.54. The molecule has 0 aromatic rings. The molecule has 3 heteroatoms. The molecule has 1 aliphatic rings. The smallest absolute Gasteiger partial charge is 0.227 e. The third-order valence-electron chi connectivity index (χ3n) is 2.72. The van der Waals surface area contributed by atoms with Gasteiger partial charge >= 0.3 is 0 Å². The first-order valence-electron chi connectivity index (χ1n) is 4.50. The lowest BCUT2D eigenvalue weighted by Gasteiger charge is -2.49. The van der Waals surface area contributed by atoms with Crippen LogP contribution in [0.5, 0.6) is 0 Å². The van der Waals surface area contributed by atoms with Gasteiger partial charge in [-0.15, -0.1) is 0 Å². The van der Waals surface area contributed by atoms with Crippen LogP contribution in [0.3, 0.4) is 0 Å². The summed E-state index contributed by atoms with van der Waals surface area (Å²) >= 11 is 0. The monoisotopic (exact) mass is 170 g/mol. The average molecular weight is 170 g/mol. The van der Waals surface area contributed by atoms with Crippen LogP contribution in [0.2, 0.25) is 0 Å². The third-order valence-corrected chi connectivity index (χ3v) is 2.72. The maximum absolute atomic E-state index is 11.6. The van der Waals surface area contributed by atoms with Gasteiger partial charge in [0.1, 0.15) is 0 Å². The predicted octanol–water partition coefficient (Wildman–Crippen LogP) is 0.592. The van der Waals surface area contributed by atoms with Crippen LogP contribution >= 0.6 is 0 Å². The van der Waals surface area contributed by atoms with Crippen molar-refractivity contribution < 1.29 is 4.79 Å². The lowest BCUT2D eigenvalue weighted by Crippen LogP contribution is -2.60. The number of hydrogen-bond donors (Lipinski definition) is 1. The lowest BCUT2D eigenvalue weighted by atomic mass is 9.87. The first kappa shape index (κ1) is 9.52. The molecule has 0 spiro atoms. The molecule has 1 unspecified atom stereocenters. The highest BCUT2D eigenvalue weighted by molar-refractivity contribution is 5.80. The Morgan fingerprint density at radius 1 is 1.67 bits per heavy atom. The fraction of sp³-hybridized carbons (Fsp3) is 0.889. The SMILES string of the molecule is CC(CN)C(=O)N1CCC1(C)C. The van der Waals surface area contributed by atoms with E-state index in [-0.39, 0.29) is 17.4 Å². The summed E-state index contributed by atoms with van der Waals surface area (Å²) in [6.07, 6.45) is 1.11. The van der Waals surface area contributed by atoms with Crippen LogP contribution in [0, 0.1) is 5.92 Å². The Hall–Kier alpha value is -0.570. The number of likely N-dealkylation sites (tertiary alicyclic amines) is 1. The minimum atomic E-state index is -0.0235. The van der Waals surface area contributed by atoms with E-state index in [2.05, 4.69) is 13.8 Å². The Morgan fingerprint density at radius 3 is 2.50 bits per heavy atom. The molecule has 12 heavy (non-hydrogen) atoms. The number of carbonyl (C=O) groups excluding carboxylic acids is 1. The van der Waals surface area contributed by atoms with Gasteiger partial charge < -0.3 is 10.6 Å². The minimum Gasteiger partial charge on any atom is -0.337 e. The van der Waals surface area contributed by atoms with Crippen molar-refractivity contribution in [2.45, 2.75) is 32.7 Å². The molecule has 1 amide bonds. The van der Waals surface area contributed by atoms with Crippen molar-refractivity contribution in [2.75, 3.05) is 13.1 Å². The highest BCUT2D eigenvalue weighted by Gasteiger charge is 2.40. The van der Waals surface area contributed by atoms with Crippen LogP contribution in [0.15, 0.2) is 0 Å². The van der Waals surface area contributed by atoms with Gasteiger partial charge in [0.25, 0.3) is 0 Å². The fourth-order valence-corrected chi connectivity index (χ4v) is 1.45. The van der Waals surface area contributed by atoms with Crippen LogP contribution in [0.4, 0.5) is 0 Å². The van der Waals surface area contributed by atoms with Gasteiger partial charge in [0.2, 0.25) is 5.91 Å². The van der Waals surface area contributed by atoms with Crippen molar-refractivity contribution in [2.24, 2.45) is 11.7 Å². The van der Waals surface area contributed by atoms with Gasteiger partial charge in [0.05, 0.1) is 0 Å². The summed E-state index contributed by atoms with van der Waals surface area (Å²) in [5, 5.41) is 0. The first-order valence-corrected chi connectivity index (χ1v) is 4.50. The molecule has 0 radical (unpaired) electrons. The summed E-state index contributed by atoms with van der Waals surface area (Å²) in [4.78, 5) is 13.5. The third kappa shape index (κ3) is 1.46. The van der Waals surface area contributed by atoms with Gasteiger partial charge in [-0.05, 0) is 20.3 Å². The normalized spacial score (nSPS) is 23.2. The van der Waals surface area contributed by atoms with Gasteiger partial charge in [0, 0.05) is 24.5 Å². The molecule has 2 N–H and O–H groups in total. The highest BCUT2D eigenvalue weighted by atomic mass is 16.2. The molecule has 70 valence electrons. The fourth-order valence-electron chi connectivity index (χ4n) is 1.45. The van der Waals surface area contributed by atoms with E-state index in [4.69, 9.17) is 5.73 Å². The second-order valence-electron chi connectivity index (χ2n) is 4.19.